The van der Waals surface area contributed by atoms with Crippen molar-refractivity contribution >= 4 is 30.7 Å². The van der Waals surface area contributed by atoms with E-state index in [-0.39, 0.29) is 24.8 Å². The first-order chi connectivity index (χ1) is 11.4. The molecule has 2 aromatic rings. The zero-order valence-corrected chi connectivity index (χ0v) is 16.7. The van der Waals surface area contributed by atoms with Gasteiger partial charge in [-0.2, -0.15) is 0 Å². The number of hydrogen-bond donors (Lipinski definition) is 3. The number of unbranched alkanes of at least 4 members (excludes halogenated alkanes) is 1. The van der Waals surface area contributed by atoms with E-state index in [0.717, 1.165) is 31.2 Å². The Morgan fingerprint density at radius 2 is 1.38 bits per heavy atom. The van der Waals surface area contributed by atoms with Gasteiger partial charge in [0.1, 0.15) is 5.54 Å². The van der Waals surface area contributed by atoms with Gasteiger partial charge in [0.25, 0.3) is 0 Å². The molecule has 2 atom stereocenters. The normalized spacial score (nSPS) is 13.7. The van der Waals surface area contributed by atoms with E-state index in [1.807, 2.05) is 18.2 Å². The summed E-state index contributed by atoms with van der Waals surface area (Å²) in [4.78, 5) is 11.4. The summed E-state index contributed by atoms with van der Waals surface area (Å²) >= 11 is 0. The second-order valence-corrected chi connectivity index (χ2v) is 6.56. The van der Waals surface area contributed by atoms with Gasteiger partial charge in [-0.1, -0.05) is 54.6 Å². The maximum Gasteiger partial charge on any atom is 0.239 e. The van der Waals surface area contributed by atoms with Crippen molar-refractivity contribution in [1.29, 1.82) is 0 Å². The lowest BCUT2D eigenvalue weighted by Crippen LogP contribution is -2.56. The molecule has 2 rings (SSSR count). The van der Waals surface area contributed by atoms with Gasteiger partial charge in [-0.15, -0.1) is 24.8 Å². The van der Waals surface area contributed by atoms with Crippen LogP contribution in [0.15, 0.2) is 54.6 Å². The molecule has 0 bridgehead atoms. The number of carbonyl (C=O) groups excluding carboxylic acids is 1. The second kappa shape index (κ2) is 11.2. The molecular formula is C20H29Cl2N3O. The summed E-state index contributed by atoms with van der Waals surface area (Å²) in [5.74, 6) is -0.597. The van der Waals surface area contributed by atoms with Gasteiger partial charge in [0.2, 0.25) is 5.91 Å². The van der Waals surface area contributed by atoms with Gasteiger partial charge in [-0.25, -0.2) is 0 Å². The summed E-state index contributed by atoms with van der Waals surface area (Å²) < 4.78 is 0. The molecule has 26 heavy (non-hydrogen) atoms. The molecule has 0 aliphatic heterocycles. The third-order valence-corrected chi connectivity index (χ3v) is 4.54. The number of halogens is 2. The first-order valence-electron chi connectivity index (χ1n) is 8.38. The van der Waals surface area contributed by atoms with Gasteiger partial charge >= 0.3 is 0 Å². The second-order valence-electron chi connectivity index (χ2n) is 6.56. The molecule has 6 N–H and O–H groups in total. The van der Waals surface area contributed by atoms with Gasteiger partial charge in [-0.05, 0) is 49.3 Å². The molecular weight excluding hydrogens is 369 g/mol. The van der Waals surface area contributed by atoms with Crippen molar-refractivity contribution in [1.82, 2.24) is 0 Å². The van der Waals surface area contributed by atoms with Crippen LogP contribution in [0.1, 0.15) is 42.5 Å². The van der Waals surface area contributed by atoms with E-state index in [0.29, 0.717) is 0 Å². The Bertz CT molecular complexity index is 661. The van der Waals surface area contributed by atoms with E-state index in [4.69, 9.17) is 17.2 Å². The van der Waals surface area contributed by atoms with Gasteiger partial charge < -0.3 is 17.2 Å². The van der Waals surface area contributed by atoms with Gasteiger partial charge in [0, 0.05) is 0 Å². The average Bonchev–Trinajstić information content (AvgIpc) is 2.59. The van der Waals surface area contributed by atoms with Crippen LogP contribution in [0.25, 0.3) is 0 Å². The maximum absolute atomic E-state index is 11.4. The van der Waals surface area contributed by atoms with E-state index >= 15 is 0 Å². The van der Waals surface area contributed by atoms with Crippen molar-refractivity contribution in [3.05, 3.63) is 71.3 Å². The number of hydrogen-bond acceptors (Lipinski definition) is 3. The fourth-order valence-corrected chi connectivity index (χ4v) is 2.69. The smallest absolute Gasteiger partial charge is 0.239 e. The molecule has 0 spiro atoms. The minimum absolute atomic E-state index is 0. The molecule has 0 aliphatic rings. The molecule has 2 aromatic carbocycles. The standard InChI is InChI=1S/C20H27N3O.2ClH/c1-20(23,19(22)24)18(21)17-13-11-16(12-14-17)10-6-5-9-15-7-3-2-4-8-15;;/h2-4,7-8,11-14,18H,5-6,9-10,21,23H2,1H3,(H2,22,24);2*1H. The number of benzene rings is 2. The Balaban J connectivity index is 0.00000312. The topological polar surface area (TPSA) is 95.1 Å². The molecule has 4 nitrogen and oxygen atoms in total. The molecule has 0 saturated heterocycles. The predicted octanol–water partition coefficient (Wildman–Crippen LogP) is 3.30. The van der Waals surface area contributed by atoms with Crippen molar-refractivity contribution in [3.8, 4) is 0 Å². The van der Waals surface area contributed by atoms with E-state index in [2.05, 4.69) is 36.4 Å². The summed E-state index contributed by atoms with van der Waals surface area (Å²) in [5.41, 5.74) is 19.6. The van der Waals surface area contributed by atoms with Crippen LogP contribution >= 0.6 is 24.8 Å². The van der Waals surface area contributed by atoms with Crippen molar-refractivity contribution in [3.63, 3.8) is 0 Å². The number of carbonyl (C=O) groups is 1. The van der Waals surface area contributed by atoms with Crippen LogP contribution < -0.4 is 17.2 Å². The van der Waals surface area contributed by atoms with Gasteiger partial charge in [-0.3, -0.25) is 4.79 Å². The number of primary amides is 1. The molecule has 144 valence electrons. The van der Waals surface area contributed by atoms with Crippen LogP contribution in [0.3, 0.4) is 0 Å². The summed E-state index contributed by atoms with van der Waals surface area (Å²) in [6, 6.07) is 17.9. The summed E-state index contributed by atoms with van der Waals surface area (Å²) in [6.45, 7) is 1.57. The highest BCUT2D eigenvalue weighted by molar-refractivity contribution is 5.86. The molecule has 6 heteroatoms. The summed E-state index contributed by atoms with van der Waals surface area (Å²) in [6.07, 6.45) is 4.43. The van der Waals surface area contributed by atoms with E-state index in [1.165, 1.54) is 11.1 Å². The third kappa shape index (κ3) is 6.61. The van der Waals surface area contributed by atoms with Crippen molar-refractivity contribution in [2.75, 3.05) is 0 Å². The first-order valence-corrected chi connectivity index (χ1v) is 8.38. The Labute approximate surface area is 168 Å². The predicted molar refractivity (Wildman–Crippen MR) is 113 cm³/mol. The first kappa shape index (κ1) is 24.4. The fraction of sp³-hybridized carbons (Fsp3) is 0.350. The molecule has 1 amide bonds. The van der Waals surface area contributed by atoms with Crippen molar-refractivity contribution < 1.29 is 4.79 Å². The number of rotatable bonds is 8. The quantitative estimate of drug-likeness (QED) is 0.596. The zero-order chi connectivity index (χ0) is 17.6. The highest BCUT2D eigenvalue weighted by Gasteiger charge is 2.34. The van der Waals surface area contributed by atoms with Gasteiger partial charge in [0.05, 0.1) is 6.04 Å². The number of amides is 1. The molecule has 0 heterocycles. The highest BCUT2D eigenvalue weighted by Crippen LogP contribution is 2.22. The average molecular weight is 398 g/mol. The Morgan fingerprint density at radius 1 is 0.923 bits per heavy atom. The third-order valence-electron chi connectivity index (χ3n) is 4.54. The van der Waals surface area contributed by atoms with Crippen LogP contribution in [-0.2, 0) is 17.6 Å². The molecule has 0 radical (unpaired) electrons. The van der Waals surface area contributed by atoms with E-state index in [1.54, 1.807) is 6.92 Å². The van der Waals surface area contributed by atoms with Crippen LogP contribution in [-0.4, -0.2) is 11.4 Å². The maximum atomic E-state index is 11.4. The van der Waals surface area contributed by atoms with Crippen molar-refractivity contribution in [2.24, 2.45) is 17.2 Å². The monoisotopic (exact) mass is 397 g/mol. The van der Waals surface area contributed by atoms with Crippen LogP contribution in [0.4, 0.5) is 0 Å². The number of nitrogens with two attached hydrogens (primary N) is 3. The largest absolute Gasteiger partial charge is 0.368 e. The minimum atomic E-state index is -1.25. The molecule has 0 aliphatic carbocycles. The fourth-order valence-electron chi connectivity index (χ4n) is 2.69. The summed E-state index contributed by atoms with van der Waals surface area (Å²) in [5, 5.41) is 0. The molecule has 0 aromatic heterocycles. The lowest BCUT2D eigenvalue weighted by atomic mass is 9.87. The van der Waals surface area contributed by atoms with Crippen molar-refractivity contribution in [2.45, 2.75) is 44.2 Å². The van der Waals surface area contributed by atoms with E-state index < -0.39 is 17.5 Å². The van der Waals surface area contributed by atoms with Crippen LogP contribution in [0, 0.1) is 0 Å². The lowest BCUT2D eigenvalue weighted by molar-refractivity contribution is -0.123. The van der Waals surface area contributed by atoms with Crippen LogP contribution in [0.5, 0.6) is 0 Å². The Morgan fingerprint density at radius 3 is 1.85 bits per heavy atom. The van der Waals surface area contributed by atoms with E-state index in [9.17, 15) is 4.79 Å². The minimum Gasteiger partial charge on any atom is -0.368 e. The lowest BCUT2D eigenvalue weighted by Gasteiger charge is -2.28. The number of aryl methyl sites for hydroxylation is 2. The molecule has 0 saturated carbocycles. The Kier molecular flexibility index (Phi) is 10.5. The molecule has 0 fully saturated rings. The SMILES string of the molecule is CC(N)(C(N)=O)C(N)c1ccc(CCCCc2ccccc2)cc1.Cl.Cl. The highest BCUT2D eigenvalue weighted by atomic mass is 35.5. The van der Waals surface area contributed by atoms with Crippen LogP contribution in [0.2, 0.25) is 0 Å². The summed E-state index contributed by atoms with van der Waals surface area (Å²) in [7, 11) is 0. The zero-order valence-electron chi connectivity index (χ0n) is 15.1. The van der Waals surface area contributed by atoms with Gasteiger partial charge in [0.15, 0.2) is 0 Å². The molecule has 2 unspecified atom stereocenters. The Hall–Kier alpha value is -1.59.